The lowest BCUT2D eigenvalue weighted by Gasteiger charge is -2.07. The van der Waals surface area contributed by atoms with E-state index < -0.39 is 0 Å². The summed E-state index contributed by atoms with van der Waals surface area (Å²) in [5.74, 6) is 0.478. The van der Waals surface area contributed by atoms with Crippen molar-refractivity contribution in [2.45, 2.75) is 20.6 Å². The van der Waals surface area contributed by atoms with Crippen molar-refractivity contribution in [2.24, 2.45) is 0 Å². The standard InChI is InChI=1S/C14H12Cl2S2/c1-17-12-3-5-13(6-4-12)18-14-7-2-11(16)8-10(14)9-15/h2-8H,9H2,1H3. The summed E-state index contributed by atoms with van der Waals surface area (Å²) in [5, 5.41) is 0.729. The van der Waals surface area contributed by atoms with Gasteiger partial charge in [0.05, 0.1) is 0 Å². The first-order valence-electron chi connectivity index (χ1n) is 5.39. The van der Waals surface area contributed by atoms with Crippen molar-refractivity contribution in [2.75, 3.05) is 6.26 Å². The number of rotatable bonds is 4. The second-order valence-electron chi connectivity index (χ2n) is 3.66. The minimum Gasteiger partial charge on any atom is -0.130 e. The van der Waals surface area contributed by atoms with Crippen molar-refractivity contribution in [3.8, 4) is 0 Å². The fourth-order valence-corrected chi connectivity index (χ4v) is 3.35. The lowest BCUT2D eigenvalue weighted by Crippen LogP contribution is -1.84. The topological polar surface area (TPSA) is 0 Å². The van der Waals surface area contributed by atoms with Gasteiger partial charge in [-0.05, 0) is 54.3 Å². The third kappa shape index (κ3) is 3.61. The highest BCUT2D eigenvalue weighted by molar-refractivity contribution is 7.99. The molecule has 0 spiro atoms. The van der Waals surface area contributed by atoms with Gasteiger partial charge in [0, 0.05) is 25.6 Å². The summed E-state index contributed by atoms with van der Waals surface area (Å²) in [6.07, 6.45) is 2.08. The molecule has 18 heavy (non-hydrogen) atoms. The van der Waals surface area contributed by atoms with Crippen LogP contribution in [-0.4, -0.2) is 6.26 Å². The van der Waals surface area contributed by atoms with Crippen LogP contribution in [0.1, 0.15) is 5.56 Å². The van der Waals surface area contributed by atoms with Crippen LogP contribution in [0.25, 0.3) is 0 Å². The Morgan fingerprint density at radius 3 is 2.28 bits per heavy atom. The van der Waals surface area contributed by atoms with Gasteiger partial charge in [-0.25, -0.2) is 0 Å². The molecule has 0 unspecified atom stereocenters. The summed E-state index contributed by atoms with van der Waals surface area (Å²) in [4.78, 5) is 3.64. The van der Waals surface area contributed by atoms with E-state index >= 15 is 0 Å². The summed E-state index contributed by atoms with van der Waals surface area (Å²) in [6.45, 7) is 0. The first-order valence-corrected chi connectivity index (χ1v) is 8.34. The Morgan fingerprint density at radius 1 is 1.00 bits per heavy atom. The van der Waals surface area contributed by atoms with Crippen LogP contribution in [0.15, 0.2) is 57.2 Å². The van der Waals surface area contributed by atoms with Gasteiger partial charge in [0.2, 0.25) is 0 Å². The van der Waals surface area contributed by atoms with Crippen molar-refractivity contribution in [3.63, 3.8) is 0 Å². The average molecular weight is 315 g/mol. The Bertz CT molecular complexity index is 524. The molecule has 2 rings (SSSR count). The third-order valence-electron chi connectivity index (χ3n) is 2.45. The van der Waals surface area contributed by atoms with E-state index in [-0.39, 0.29) is 0 Å². The molecule has 0 saturated heterocycles. The molecule has 0 saturated carbocycles. The minimum absolute atomic E-state index is 0.478. The lowest BCUT2D eigenvalue weighted by molar-refractivity contribution is 1.25. The molecule has 0 N–H and O–H groups in total. The molecular formula is C14H12Cl2S2. The van der Waals surface area contributed by atoms with Gasteiger partial charge >= 0.3 is 0 Å². The summed E-state index contributed by atoms with van der Waals surface area (Å²) < 4.78 is 0. The molecule has 0 fully saturated rings. The summed E-state index contributed by atoms with van der Waals surface area (Å²) in [5.41, 5.74) is 1.07. The van der Waals surface area contributed by atoms with Gasteiger partial charge in [0.1, 0.15) is 0 Å². The largest absolute Gasteiger partial charge is 0.130 e. The predicted molar refractivity (Wildman–Crippen MR) is 83.4 cm³/mol. The number of hydrogen-bond acceptors (Lipinski definition) is 2. The Kier molecular flexibility index (Phi) is 5.31. The van der Waals surface area contributed by atoms with Gasteiger partial charge in [0.25, 0.3) is 0 Å². The van der Waals surface area contributed by atoms with Gasteiger partial charge < -0.3 is 0 Å². The smallest absolute Gasteiger partial charge is 0.0485 e. The van der Waals surface area contributed by atoms with Crippen LogP contribution in [0.2, 0.25) is 5.02 Å². The van der Waals surface area contributed by atoms with E-state index in [2.05, 4.69) is 30.5 Å². The van der Waals surface area contributed by atoms with Crippen LogP contribution >= 0.6 is 46.7 Å². The lowest BCUT2D eigenvalue weighted by atomic mass is 10.2. The summed E-state index contributed by atoms with van der Waals surface area (Å²) in [7, 11) is 0. The molecule has 0 bridgehead atoms. The molecule has 0 aliphatic heterocycles. The number of alkyl halides is 1. The van der Waals surface area contributed by atoms with Crippen LogP contribution in [0.4, 0.5) is 0 Å². The van der Waals surface area contributed by atoms with Crippen LogP contribution in [0.5, 0.6) is 0 Å². The molecule has 0 aliphatic carbocycles. The third-order valence-corrected chi connectivity index (χ3v) is 4.85. The maximum atomic E-state index is 5.97. The maximum absolute atomic E-state index is 5.97. The second kappa shape index (κ2) is 6.76. The zero-order valence-electron chi connectivity index (χ0n) is 9.82. The maximum Gasteiger partial charge on any atom is 0.0485 e. The molecule has 2 aromatic rings. The van der Waals surface area contributed by atoms with Crippen LogP contribution < -0.4 is 0 Å². The SMILES string of the molecule is CSc1ccc(Sc2ccc(Cl)cc2CCl)cc1. The fourth-order valence-electron chi connectivity index (χ4n) is 1.52. The highest BCUT2D eigenvalue weighted by Gasteiger charge is 2.05. The number of halogens is 2. The first kappa shape index (κ1) is 14.1. The highest BCUT2D eigenvalue weighted by Crippen LogP contribution is 2.33. The van der Waals surface area contributed by atoms with E-state index in [0.717, 1.165) is 15.5 Å². The zero-order valence-corrected chi connectivity index (χ0v) is 13.0. The van der Waals surface area contributed by atoms with E-state index in [4.69, 9.17) is 23.2 Å². The molecule has 0 heterocycles. The van der Waals surface area contributed by atoms with E-state index in [1.807, 2.05) is 18.2 Å². The van der Waals surface area contributed by atoms with Gasteiger partial charge in [-0.15, -0.1) is 23.4 Å². The van der Waals surface area contributed by atoms with Crippen molar-refractivity contribution in [1.29, 1.82) is 0 Å². The summed E-state index contributed by atoms with van der Waals surface area (Å²) in [6, 6.07) is 14.4. The molecule has 94 valence electrons. The van der Waals surface area contributed by atoms with E-state index in [9.17, 15) is 0 Å². The van der Waals surface area contributed by atoms with E-state index in [1.54, 1.807) is 23.5 Å². The van der Waals surface area contributed by atoms with Crippen molar-refractivity contribution in [3.05, 3.63) is 53.1 Å². The molecular weight excluding hydrogens is 303 g/mol. The Labute approximate surface area is 126 Å². The molecule has 0 atom stereocenters. The molecule has 0 radical (unpaired) electrons. The van der Waals surface area contributed by atoms with Crippen LogP contribution in [0.3, 0.4) is 0 Å². The molecule has 0 amide bonds. The molecule has 0 aliphatic rings. The molecule has 2 aromatic carbocycles. The van der Waals surface area contributed by atoms with Crippen molar-refractivity contribution < 1.29 is 0 Å². The van der Waals surface area contributed by atoms with Gasteiger partial charge in [-0.2, -0.15) is 0 Å². The van der Waals surface area contributed by atoms with Crippen molar-refractivity contribution in [1.82, 2.24) is 0 Å². The predicted octanol–water partition coefficient (Wildman–Crippen LogP) is 5.95. The normalized spacial score (nSPS) is 10.6. The van der Waals surface area contributed by atoms with Crippen LogP contribution in [0, 0.1) is 0 Å². The quantitative estimate of drug-likeness (QED) is 0.505. The number of hydrogen-bond donors (Lipinski definition) is 0. The van der Waals surface area contributed by atoms with E-state index in [0.29, 0.717) is 5.88 Å². The fraction of sp³-hybridized carbons (Fsp3) is 0.143. The Balaban J connectivity index is 2.22. The Morgan fingerprint density at radius 2 is 1.67 bits per heavy atom. The number of thioether (sulfide) groups is 1. The van der Waals surface area contributed by atoms with Gasteiger partial charge in [0.15, 0.2) is 0 Å². The second-order valence-corrected chi connectivity index (χ2v) is 6.36. The van der Waals surface area contributed by atoms with Crippen LogP contribution in [-0.2, 0) is 5.88 Å². The minimum atomic E-state index is 0.478. The van der Waals surface area contributed by atoms with E-state index in [1.165, 1.54) is 9.79 Å². The monoisotopic (exact) mass is 314 g/mol. The van der Waals surface area contributed by atoms with Crippen molar-refractivity contribution >= 4 is 46.7 Å². The first-order chi connectivity index (χ1) is 8.72. The Hall–Kier alpha value is -0.280. The zero-order chi connectivity index (χ0) is 13.0. The van der Waals surface area contributed by atoms with Gasteiger partial charge in [-0.1, -0.05) is 23.4 Å². The highest BCUT2D eigenvalue weighted by atomic mass is 35.5. The van der Waals surface area contributed by atoms with Gasteiger partial charge in [-0.3, -0.25) is 0 Å². The molecule has 0 nitrogen and oxygen atoms in total. The number of benzene rings is 2. The average Bonchev–Trinajstić information content (AvgIpc) is 2.41. The molecule has 4 heteroatoms. The summed E-state index contributed by atoms with van der Waals surface area (Å²) >= 11 is 15.4. The molecule has 0 aromatic heterocycles.